The van der Waals surface area contributed by atoms with Gasteiger partial charge in [-0.25, -0.2) is 8.42 Å². The number of hydrogen-bond donors (Lipinski definition) is 1. The van der Waals surface area contributed by atoms with Crippen LogP contribution in [-0.2, 0) is 21.4 Å². The molecule has 3 aromatic rings. The van der Waals surface area contributed by atoms with Crippen molar-refractivity contribution in [1.29, 1.82) is 0 Å². The maximum Gasteiger partial charge on any atom is 0.243 e. The van der Waals surface area contributed by atoms with Crippen LogP contribution in [0.1, 0.15) is 5.56 Å². The van der Waals surface area contributed by atoms with Crippen molar-refractivity contribution in [2.24, 2.45) is 0 Å². The van der Waals surface area contributed by atoms with Gasteiger partial charge in [0.05, 0.1) is 11.4 Å². The van der Waals surface area contributed by atoms with Crippen LogP contribution in [0.3, 0.4) is 0 Å². The van der Waals surface area contributed by atoms with E-state index >= 15 is 0 Å². The van der Waals surface area contributed by atoms with Crippen LogP contribution in [0.25, 0.3) is 10.8 Å². The second kappa shape index (κ2) is 8.81. The SMILES string of the molecule is Cl.Nc1ccc(CN2CCN(S(=O)(=O)c3ccc4cc(Cl)ccc4c3)CC2=O)cc1. The van der Waals surface area contributed by atoms with Crippen molar-refractivity contribution < 1.29 is 13.2 Å². The molecular weight excluding hydrogens is 445 g/mol. The van der Waals surface area contributed by atoms with E-state index < -0.39 is 10.0 Å². The Morgan fingerprint density at radius 2 is 1.60 bits per heavy atom. The predicted molar refractivity (Wildman–Crippen MR) is 121 cm³/mol. The number of hydrogen-bond acceptors (Lipinski definition) is 4. The molecule has 0 spiro atoms. The summed E-state index contributed by atoms with van der Waals surface area (Å²) in [5, 5.41) is 2.24. The number of anilines is 1. The fraction of sp³-hybridized carbons (Fsp3) is 0.190. The molecule has 9 heteroatoms. The lowest BCUT2D eigenvalue weighted by molar-refractivity contribution is -0.134. The van der Waals surface area contributed by atoms with Crippen LogP contribution in [0.2, 0.25) is 5.02 Å². The molecule has 0 aromatic heterocycles. The van der Waals surface area contributed by atoms with Crippen molar-refractivity contribution in [3.05, 3.63) is 71.2 Å². The van der Waals surface area contributed by atoms with E-state index in [1.54, 1.807) is 53.4 Å². The molecule has 1 aliphatic heterocycles. The van der Waals surface area contributed by atoms with Crippen molar-refractivity contribution in [3.8, 4) is 0 Å². The van der Waals surface area contributed by atoms with Gasteiger partial charge in [0.15, 0.2) is 0 Å². The average Bonchev–Trinajstić information content (AvgIpc) is 2.70. The van der Waals surface area contributed by atoms with Crippen LogP contribution < -0.4 is 5.73 Å². The first kappa shape index (κ1) is 22.4. The summed E-state index contributed by atoms with van der Waals surface area (Å²) in [6.07, 6.45) is 0. The smallest absolute Gasteiger partial charge is 0.243 e. The summed E-state index contributed by atoms with van der Waals surface area (Å²) < 4.78 is 27.4. The van der Waals surface area contributed by atoms with Crippen molar-refractivity contribution in [3.63, 3.8) is 0 Å². The van der Waals surface area contributed by atoms with Gasteiger partial charge in [0.2, 0.25) is 15.9 Å². The fourth-order valence-corrected chi connectivity index (χ4v) is 5.00. The molecule has 1 heterocycles. The standard InChI is InChI=1S/C21H20ClN3O3S.ClH/c22-18-5-3-17-12-20(8-4-16(17)11-18)29(27,28)25-10-9-24(21(26)14-25)13-15-1-6-19(23)7-2-15;/h1-8,11-12H,9-10,13-14,23H2;1H. The van der Waals surface area contributed by atoms with E-state index in [1.807, 2.05) is 12.1 Å². The Bertz CT molecular complexity index is 1180. The quantitative estimate of drug-likeness (QED) is 0.597. The molecule has 1 aliphatic rings. The molecule has 1 fully saturated rings. The molecule has 4 rings (SSSR count). The van der Waals surface area contributed by atoms with E-state index in [0.29, 0.717) is 23.8 Å². The molecular formula is C21H21Cl2N3O3S. The topological polar surface area (TPSA) is 83.7 Å². The molecule has 3 aromatic carbocycles. The molecule has 6 nitrogen and oxygen atoms in total. The Labute approximate surface area is 186 Å². The Morgan fingerprint density at radius 3 is 2.30 bits per heavy atom. The molecule has 0 bridgehead atoms. The summed E-state index contributed by atoms with van der Waals surface area (Å²) in [6.45, 7) is 0.854. The summed E-state index contributed by atoms with van der Waals surface area (Å²) in [5.74, 6) is -0.218. The largest absolute Gasteiger partial charge is 0.399 e. The van der Waals surface area contributed by atoms with E-state index in [1.165, 1.54) is 4.31 Å². The average molecular weight is 466 g/mol. The minimum atomic E-state index is -3.76. The molecule has 0 atom stereocenters. The lowest BCUT2D eigenvalue weighted by Crippen LogP contribution is -2.51. The number of nitrogens with two attached hydrogens (primary N) is 1. The summed E-state index contributed by atoms with van der Waals surface area (Å²) >= 11 is 5.99. The van der Waals surface area contributed by atoms with E-state index in [2.05, 4.69) is 0 Å². The molecule has 0 aliphatic carbocycles. The van der Waals surface area contributed by atoms with Crippen LogP contribution in [0, 0.1) is 0 Å². The Hall–Kier alpha value is -2.32. The van der Waals surface area contributed by atoms with Gasteiger partial charge in [-0.1, -0.05) is 35.9 Å². The highest BCUT2D eigenvalue weighted by atomic mass is 35.5. The van der Waals surface area contributed by atoms with Gasteiger partial charge in [0.25, 0.3) is 0 Å². The van der Waals surface area contributed by atoms with Gasteiger partial charge < -0.3 is 10.6 Å². The number of fused-ring (bicyclic) bond motifs is 1. The first-order valence-corrected chi connectivity index (χ1v) is 11.0. The van der Waals surface area contributed by atoms with Crippen LogP contribution in [0.4, 0.5) is 5.69 Å². The number of amides is 1. The molecule has 1 saturated heterocycles. The van der Waals surface area contributed by atoms with Gasteiger partial charge in [0, 0.05) is 30.3 Å². The van der Waals surface area contributed by atoms with Crippen LogP contribution in [0.15, 0.2) is 65.6 Å². The normalized spacial score (nSPS) is 15.2. The Kier molecular flexibility index (Phi) is 6.57. The Morgan fingerprint density at radius 1 is 0.933 bits per heavy atom. The van der Waals surface area contributed by atoms with Crippen molar-refractivity contribution in [2.45, 2.75) is 11.4 Å². The third kappa shape index (κ3) is 4.54. The highest BCUT2D eigenvalue weighted by molar-refractivity contribution is 7.89. The maximum absolute atomic E-state index is 13.1. The molecule has 1 amide bonds. The minimum absolute atomic E-state index is 0. The zero-order chi connectivity index (χ0) is 20.6. The second-order valence-corrected chi connectivity index (χ2v) is 9.42. The third-order valence-corrected chi connectivity index (χ3v) is 7.12. The first-order valence-electron chi connectivity index (χ1n) is 9.14. The van der Waals surface area contributed by atoms with Crippen molar-refractivity contribution >= 4 is 56.4 Å². The van der Waals surface area contributed by atoms with Crippen LogP contribution >= 0.6 is 24.0 Å². The summed E-state index contributed by atoms with van der Waals surface area (Å²) in [6, 6.07) is 17.5. The van der Waals surface area contributed by atoms with E-state index in [9.17, 15) is 13.2 Å². The third-order valence-electron chi connectivity index (χ3n) is 5.05. The summed E-state index contributed by atoms with van der Waals surface area (Å²) in [7, 11) is -3.76. The zero-order valence-corrected chi connectivity index (χ0v) is 18.4. The van der Waals surface area contributed by atoms with Gasteiger partial charge in [-0.15, -0.1) is 12.4 Å². The maximum atomic E-state index is 13.1. The fourth-order valence-electron chi connectivity index (χ4n) is 3.41. The minimum Gasteiger partial charge on any atom is -0.399 e. The van der Waals surface area contributed by atoms with Gasteiger partial charge in [-0.3, -0.25) is 4.79 Å². The van der Waals surface area contributed by atoms with Gasteiger partial charge >= 0.3 is 0 Å². The number of carbonyl (C=O) groups excluding carboxylic acids is 1. The summed E-state index contributed by atoms with van der Waals surface area (Å²) in [4.78, 5) is 14.4. The number of piperazine rings is 1. The molecule has 30 heavy (non-hydrogen) atoms. The summed E-state index contributed by atoms with van der Waals surface area (Å²) in [5.41, 5.74) is 7.31. The number of sulfonamides is 1. The van der Waals surface area contributed by atoms with Crippen LogP contribution in [-0.4, -0.2) is 43.2 Å². The number of rotatable bonds is 4. The molecule has 0 unspecified atom stereocenters. The highest BCUT2D eigenvalue weighted by Crippen LogP contribution is 2.25. The number of carbonyl (C=O) groups is 1. The number of benzene rings is 3. The van der Waals surface area contributed by atoms with Gasteiger partial charge in [0.1, 0.15) is 0 Å². The first-order chi connectivity index (χ1) is 13.8. The van der Waals surface area contributed by atoms with E-state index in [0.717, 1.165) is 16.3 Å². The lowest BCUT2D eigenvalue weighted by Gasteiger charge is -2.33. The van der Waals surface area contributed by atoms with Crippen molar-refractivity contribution in [2.75, 3.05) is 25.4 Å². The molecule has 2 N–H and O–H groups in total. The number of nitrogens with zero attached hydrogens (tertiary/aromatic N) is 2. The molecule has 0 saturated carbocycles. The number of halogens is 2. The predicted octanol–water partition coefficient (Wildman–Crippen LogP) is 3.53. The second-order valence-electron chi connectivity index (χ2n) is 7.05. The zero-order valence-electron chi connectivity index (χ0n) is 16.0. The van der Waals surface area contributed by atoms with Crippen LogP contribution in [0.5, 0.6) is 0 Å². The van der Waals surface area contributed by atoms with Crippen molar-refractivity contribution in [1.82, 2.24) is 9.21 Å². The van der Waals surface area contributed by atoms with Gasteiger partial charge in [-0.05, 0) is 52.7 Å². The van der Waals surface area contributed by atoms with Gasteiger partial charge in [-0.2, -0.15) is 4.31 Å². The highest BCUT2D eigenvalue weighted by Gasteiger charge is 2.32. The molecule has 0 radical (unpaired) electrons. The number of nitrogen functional groups attached to an aromatic ring is 1. The monoisotopic (exact) mass is 465 g/mol. The van der Waals surface area contributed by atoms with E-state index in [4.69, 9.17) is 17.3 Å². The Balaban J connectivity index is 0.00000256. The van der Waals surface area contributed by atoms with E-state index in [-0.39, 0.29) is 36.3 Å². The molecule has 158 valence electrons. The lowest BCUT2D eigenvalue weighted by atomic mass is 10.1.